The van der Waals surface area contributed by atoms with Crippen LogP contribution >= 0.6 is 0 Å². The molecule has 1 fully saturated rings. The molecule has 0 aromatic carbocycles. The number of aromatic nitrogens is 2. The predicted molar refractivity (Wildman–Crippen MR) is 74.1 cm³/mol. The van der Waals surface area contributed by atoms with E-state index in [1.165, 1.54) is 6.42 Å². The van der Waals surface area contributed by atoms with Crippen LogP contribution in [0.15, 0.2) is 35.1 Å². The van der Waals surface area contributed by atoms with Crippen LogP contribution in [0.1, 0.15) is 43.1 Å². The molecule has 0 radical (unpaired) electrons. The first-order chi connectivity index (χ1) is 9.72. The van der Waals surface area contributed by atoms with Gasteiger partial charge in [0.1, 0.15) is 0 Å². The summed E-state index contributed by atoms with van der Waals surface area (Å²) in [6, 6.07) is 5.32. The minimum absolute atomic E-state index is 0.0349. The Hall–Kier alpha value is -2.17. The second kappa shape index (κ2) is 5.07. The average Bonchev–Trinajstić information content (AvgIpc) is 2.93. The van der Waals surface area contributed by atoms with Crippen molar-refractivity contribution in [2.24, 2.45) is 0 Å². The van der Waals surface area contributed by atoms with Gasteiger partial charge < -0.3 is 9.84 Å². The summed E-state index contributed by atoms with van der Waals surface area (Å²) in [6.45, 7) is 2.10. The van der Waals surface area contributed by atoms with Crippen molar-refractivity contribution in [2.75, 3.05) is 0 Å². The molecule has 2 heterocycles. The van der Waals surface area contributed by atoms with Crippen LogP contribution in [0.5, 0.6) is 0 Å². The molecule has 0 spiro atoms. The molecule has 1 N–H and O–H groups in total. The molecule has 2 aromatic heterocycles. The quantitative estimate of drug-likeness (QED) is 0.928. The lowest BCUT2D eigenvalue weighted by Gasteiger charge is -2.41. The van der Waals surface area contributed by atoms with Gasteiger partial charge in [0.15, 0.2) is 11.5 Å². The summed E-state index contributed by atoms with van der Waals surface area (Å²) in [5, 5.41) is 6.95. The van der Waals surface area contributed by atoms with Crippen LogP contribution in [0, 0.1) is 0 Å². The van der Waals surface area contributed by atoms with Crippen LogP contribution < -0.4 is 5.32 Å². The average molecular weight is 271 g/mol. The second-order valence-corrected chi connectivity index (χ2v) is 5.25. The third-order valence-corrected chi connectivity index (χ3v) is 4.07. The highest BCUT2D eigenvalue weighted by Gasteiger charge is 2.37. The third kappa shape index (κ3) is 2.31. The Balaban J connectivity index is 1.75. The lowest BCUT2D eigenvalue weighted by Crippen LogP contribution is -2.53. The van der Waals surface area contributed by atoms with Crippen molar-refractivity contribution in [3.8, 4) is 11.3 Å². The fourth-order valence-corrected chi connectivity index (χ4v) is 2.51. The SMILES string of the molecule is CCC1(NC(=O)c2cc(-c3ccncc3)on2)CCC1. The number of nitrogens with zero attached hydrogens (tertiary/aromatic N) is 2. The molecule has 2 aromatic rings. The van der Waals surface area contributed by atoms with E-state index in [9.17, 15) is 4.79 Å². The third-order valence-electron chi connectivity index (χ3n) is 4.07. The Morgan fingerprint density at radius 1 is 1.40 bits per heavy atom. The van der Waals surface area contributed by atoms with Gasteiger partial charge in [0.25, 0.3) is 5.91 Å². The van der Waals surface area contributed by atoms with E-state index in [4.69, 9.17) is 4.52 Å². The molecule has 0 bridgehead atoms. The first-order valence-electron chi connectivity index (χ1n) is 6.92. The highest BCUT2D eigenvalue weighted by atomic mass is 16.5. The van der Waals surface area contributed by atoms with Crippen molar-refractivity contribution in [1.82, 2.24) is 15.5 Å². The fourth-order valence-electron chi connectivity index (χ4n) is 2.51. The normalized spacial score (nSPS) is 16.4. The predicted octanol–water partition coefficient (Wildman–Crippen LogP) is 2.80. The van der Waals surface area contributed by atoms with Gasteiger partial charge in [-0.3, -0.25) is 9.78 Å². The number of carbonyl (C=O) groups is 1. The zero-order valence-corrected chi connectivity index (χ0v) is 11.4. The zero-order valence-electron chi connectivity index (χ0n) is 11.4. The van der Waals surface area contributed by atoms with Crippen molar-refractivity contribution in [3.63, 3.8) is 0 Å². The first-order valence-corrected chi connectivity index (χ1v) is 6.92. The first kappa shape index (κ1) is 12.8. The lowest BCUT2D eigenvalue weighted by atomic mass is 9.75. The van der Waals surface area contributed by atoms with E-state index in [1.807, 2.05) is 12.1 Å². The van der Waals surface area contributed by atoms with E-state index in [1.54, 1.807) is 18.5 Å². The number of amides is 1. The minimum Gasteiger partial charge on any atom is -0.355 e. The van der Waals surface area contributed by atoms with E-state index < -0.39 is 0 Å². The summed E-state index contributed by atoms with van der Waals surface area (Å²) in [5.74, 6) is 0.423. The van der Waals surface area contributed by atoms with E-state index in [0.717, 1.165) is 24.8 Å². The van der Waals surface area contributed by atoms with E-state index in [2.05, 4.69) is 22.4 Å². The molecule has 0 aliphatic heterocycles. The Morgan fingerprint density at radius 2 is 2.15 bits per heavy atom. The highest BCUT2D eigenvalue weighted by molar-refractivity contribution is 5.93. The molecule has 0 atom stereocenters. The van der Waals surface area contributed by atoms with Gasteiger partial charge in [-0.2, -0.15) is 0 Å². The molecule has 0 saturated heterocycles. The maximum atomic E-state index is 12.2. The van der Waals surface area contributed by atoms with Crippen molar-refractivity contribution in [1.29, 1.82) is 0 Å². The van der Waals surface area contributed by atoms with Gasteiger partial charge in [0.2, 0.25) is 0 Å². The maximum Gasteiger partial charge on any atom is 0.273 e. The molecule has 0 unspecified atom stereocenters. The number of hydrogen-bond acceptors (Lipinski definition) is 4. The van der Waals surface area contributed by atoms with Gasteiger partial charge in [0, 0.05) is 29.6 Å². The molecule has 104 valence electrons. The molecule has 5 heteroatoms. The summed E-state index contributed by atoms with van der Waals surface area (Å²) >= 11 is 0. The monoisotopic (exact) mass is 271 g/mol. The Kier molecular flexibility index (Phi) is 3.26. The molecule has 1 saturated carbocycles. The zero-order chi connectivity index (χ0) is 14.0. The molecule has 1 aliphatic carbocycles. The number of hydrogen-bond donors (Lipinski definition) is 1. The van der Waals surface area contributed by atoms with E-state index in [0.29, 0.717) is 11.5 Å². The van der Waals surface area contributed by atoms with Gasteiger partial charge in [-0.05, 0) is 37.8 Å². The molecular formula is C15H17N3O2. The number of rotatable bonds is 4. The number of carbonyl (C=O) groups excluding carboxylic acids is 1. The van der Waals surface area contributed by atoms with E-state index >= 15 is 0 Å². The lowest BCUT2D eigenvalue weighted by molar-refractivity contribution is 0.0811. The summed E-state index contributed by atoms with van der Waals surface area (Å²) in [4.78, 5) is 16.2. The molecule has 3 rings (SSSR count). The smallest absolute Gasteiger partial charge is 0.273 e. The minimum atomic E-state index is -0.157. The molecule has 1 aliphatic rings. The van der Waals surface area contributed by atoms with Gasteiger partial charge in [-0.1, -0.05) is 12.1 Å². The topological polar surface area (TPSA) is 68.0 Å². The van der Waals surface area contributed by atoms with Crippen LogP contribution in [0.3, 0.4) is 0 Å². The number of pyridine rings is 1. The van der Waals surface area contributed by atoms with Crippen LogP contribution in [-0.2, 0) is 0 Å². The summed E-state index contributed by atoms with van der Waals surface area (Å²) < 4.78 is 5.23. The van der Waals surface area contributed by atoms with Crippen LogP contribution in [0.2, 0.25) is 0 Å². The fraction of sp³-hybridized carbons (Fsp3) is 0.400. The maximum absolute atomic E-state index is 12.2. The molecule has 1 amide bonds. The summed E-state index contributed by atoms with van der Waals surface area (Å²) in [6.07, 6.45) is 7.58. The molecule has 20 heavy (non-hydrogen) atoms. The molecular weight excluding hydrogens is 254 g/mol. The van der Waals surface area contributed by atoms with Crippen LogP contribution in [-0.4, -0.2) is 21.6 Å². The summed E-state index contributed by atoms with van der Waals surface area (Å²) in [5.41, 5.74) is 1.16. The number of nitrogens with one attached hydrogen (secondary N) is 1. The Bertz CT molecular complexity index is 597. The van der Waals surface area contributed by atoms with Crippen LogP contribution in [0.4, 0.5) is 0 Å². The largest absolute Gasteiger partial charge is 0.355 e. The van der Waals surface area contributed by atoms with E-state index in [-0.39, 0.29) is 11.4 Å². The van der Waals surface area contributed by atoms with Gasteiger partial charge in [-0.25, -0.2) is 0 Å². The Labute approximate surface area is 117 Å². The Morgan fingerprint density at radius 3 is 2.75 bits per heavy atom. The van der Waals surface area contributed by atoms with Crippen molar-refractivity contribution in [2.45, 2.75) is 38.1 Å². The van der Waals surface area contributed by atoms with Crippen molar-refractivity contribution < 1.29 is 9.32 Å². The molecule has 5 nitrogen and oxygen atoms in total. The van der Waals surface area contributed by atoms with Crippen molar-refractivity contribution in [3.05, 3.63) is 36.3 Å². The van der Waals surface area contributed by atoms with Gasteiger partial charge in [-0.15, -0.1) is 0 Å². The van der Waals surface area contributed by atoms with Gasteiger partial charge >= 0.3 is 0 Å². The van der Waals surface area contributed by atoms with Crippen molar-refractivity contribution >= 4 is 5.91 Å². The summed E-state index contributed by atoms with van der Waals surface area (Å²) in [7, 11) is 0. The second-order valence-electron chi connectivity index (χ2n) is 5.25. The highest BCUT2D eigenvalue weighted by Crippen LogP contribution is 2.34. The van der Waals surface area contributed by atoms with Crippen LogP contribution in [0.25, 0.3) is 11.3 Å². The van der Waals surface area contributed by atoms with Gasteiger partial charge in [0.05, 0.1) is 0 Å². The standard InChI is InChI=1S/C15H17N3O2/c1-2-15(6-3-7-15)17-14(19)12-10-13(20-18-12)11-4-8-16-9-5-11/h4-5,8-10H,2-3,6-7H2,1H3,(H,17,19).